The summed E-state index contributed by atoms with van der Waals surface area (Å²) < 4.78 is 0. The van der Waals surface area contributed by atoms with Crippen LogP contribution in [0.25, 0.3) is 0 Å². The van der Waals surface area contributed by atoms with Crippen molar-refractivity contribution in [2.75, 3.05) is 9.96 Å². The third-order valence-corrected chi connectivity index (χ3v) is 6.56. The molecule has 3 aromatic carbocycles. The molecule has 2 amide bonds. The van der Waals surface area contributed by atoms with Crippen molar-refractivity contribution in [2.24, 2.45) is 5.92 Å². The van der Waals surface area contributed by atoms with Gasteiger partial charge in [0, 0.05) is 10.0 Å². The molecule has 3 aromatic rings. The van der Waals surface area contributed by atoms with Crippen molar-refractivity contribution in [1.82, 2.24) is 0 Å². The molecule has 0 aromatic heterocycles. The first-order valence-electron chi connectivity index (χ1n) is 10.3. The molecule has 7 heteroatoms. The maximum Gasteiger partial charge on any atom is 0.266 e. The molecular formula is C25H20Cl2N2O3. The van der Waals surface area contributed by atoms with E-state index < -0.39 is 18.1 Å². The molecule has 2 heterocycles. The molecule has 3 atom stereocenters. The number of hydroxylamine groups is 1. The van der Waals surface area contributed by atoms with Gasteiger partial charge in [-0.15, -0.1) is 0 Å². The zero-order valence-corrected chi connectivity index (χ0v) is 19.0. The highest BCUT2D eigenvalue weighted by molar-refractivity contribution is 6.35. The van der Waals surface area contributed by atoms with Gasteiger partial charge in [0.15, 0.2) is 6.10 Å². The topological polar surface area (TPSA) is 49.9 Å². The minimum Gasteiger partial charge on any atom is -0.273 e. The van der Waals surface area contributed by atoms with Crippen LogP contribution in [0.15, 0.2) is 66.7 Å². The summed E-state index contributed by atoms with van der Waals surface area (Å²) in [5.74, 6) is -1.43. The number of hydrogen-bond donors (Lipinski definition) is 0. The molecule has 0 radical (unpaired) electrons. The van der Waals surface area contributed by atoms with Gasteiger partial charge < -0.3 is 0 Å². The Morgan fingerprint density at radius 2 is 1.62 bits per heavy atom. The molecule has 0 aliphatic carbocycles. The molecule has 162 valence electrons. The van der Waals surface area contributed by atoms with Crippen LogP contribution in [0.4, 0.5) is 11.4 Å². The Hall–Kier alpha value is -2.86. The molecule has 2 saturated heterocycles. The Morgan fingerprint density at radius 3 is 2.31 bits per heavy atom. The van der Waals surface area contributed by atoms with Gasteiger partial charge >= 0.3 is 0 Å². The van der Waals surface area contributed by atoms with Crippen LogP contribution < -0.4 is 9.96 Å². The second-order valence-electron chi connectivity index (χ2n) is 8.13. The summed E-state index contributed by atoms with van der Waals surface area (Å²) in [4.78, 5) is 34.5. The van der Waals surface area contributed by atoms with Crippen molar-refractivity contribution in [3.8, 4) is 0 Å². The van der Waals surface area contributed by atoms with Crippen molar-refractivity contribution in [3.05, 3.63) is 93.5 Å². The van der Waals surface area contributed by atoms with Crippen molar-refractivity contribution < 1.29 is 14.4 Å². The fraction of sp³-hybridized carbons (Fsp3) is 0.200. The lowest BCUT2D eigenvalue weighted by Crippen LogP contribution is -2.37. The predicted octanol–water partition coefficient (Wildman–Crippen LogP) is 5.66. The van der Waals surface area contributed by atoms with Gasteiger partial charge in [0.1, 0.15) is 5.92 Å². The van der Waals surface area contributed by atoms with Crippen LogP contribution in [0.3, 0.4) is 0 Å². The van der Waals surface area contributed by atoms with Gasteiger partial charge in [0.05, 0.1) is 17.4 Å². The number of benzene rings is 3. The van der Waals surface area contributed by atoms with E-state index in [9.17, 15) is 9.59 Å². The van der Waals surface area contributed by atoms with Crippen LogP contribution >= 0.6 is 23.2 Å². The highest BCUT2D eigenvalue weighted by Gasteiger charge is 2.60. The number of halogens is 2. The molecule has 2 aliphatic rings. The molecule has 2 fully saturated rings. The molecule has 0 unspecified atom stereocenters. The number of aryl methyl sites for hydroxylation is 2. The van der Waals surface area contributed by atoms with Crippen LogP contribution in [0.1, 0.15) is 22.7 Å². The fourth-order valence-electron chi connectivity index (χ4n) is 4.56. The van der Waals surface area contributed by atoms with E-state index in [1.807, 2.05) is 56.3 Å². The molecule has 5 nitrogen and oxygen atoms in total. The first-order chi connectivity index (χ1) is 15.4. The summed E-state index contributed by atoms with van der Waals surface area (Å²) in [5, 5.41) is 2.53. The lowest BCUT2D eigenvalue weighted by atomic mass is 9.90. The van der Waals surface area contributed by atoms with Crippen molar-refractivity contribution >= 4 is 46.4 Å². The van der Waals surface area contributed by atoms with E-state index in [-0.39, 0.29) is 11.8 Å². The summed E-state index contributed by atoms with van der Waals surface area (Å²) in [6, 6.07) is 19.6. The third-order valence-electron chi connectivity index (χ3n) is 6.00. The van der Waals surface area contributed by atoms with Crippen molar-refractivity contribution in [2.45, 2.75) is 26.0 Å². The molecule has 0 bridgehead atoms. The zero-order valence-electron chi connectivity index (χ0n) is 17.5. The van der Waals surface area contributed by atoms with Crippen LogP contribution in [0, 0.1) is 19.8 Å². The zero-order chi connectivity index (χ0) is 22.6. The first-order valence-corrected chi connectivity index (χ1v) is 11.0. The highest BCUT2D eigenvalue weighted by Crippen LogP contribution is 2.49. The Balaban J connectivity index is 1.62. The SMILES string of the molecule is Cc1ccc(N2C(=O)[C@@H]3[C@H](ON(c4ccccc4)[C@@H]3c3ccc(Cl)cc3Cl)C2=O)c(C)c1. The Kier molecular flexibility index (Phi) is 5.20. The monoisotopic (exact) mass is 466 g/mol. The maximum atomic E-state index is 13.7. The van der Waals surface area contributed by atoms with Gasteiger partial charge in [-0.25, -0.2) is 9.96 Å². The molecule has 5 rings (SSSR count). The van der Waals surface area contributed by atoms with E-state index in [1.54, 1.807) is 29.3 Å². The van der Waals surface area contributed by atoms with E-state index in [0.717, 1.165) is 16.8 Å². The van der Waals surface area contributed by atoms with Gasteiger partial charge in [-0.2, -0.15) is 0 Å². The number of fused-ring (bicyclic) bond motifs is 1. The maximum absolute atomic E-state index is 13.7. The van der Waals surface area contributed by atoms with Crippen molar-refractivity contribution in [1.29, 1.82) is 0 Å². The first kappa shape index (κ1) is 21.0. The average Bonchev–Trinajstić information content (AvgIpc) is 3.26. The standard InChI is InChI=1S/C25H20Cl2N2O3/c1-14-8-11-20(15(2)12-14)28-24(30)21-22(18-10-9-16(26)13-19(18)27)29(32-23(21)25(28)31)17-6-4-3-5-7-17/h3-13,21-23H,1-2H3/t21-,22+,23-/m0/s1. The minimum absolute atomic E-state index is 0.304. The van der Waals surface area contributed by atoms with Crippen molar-refractivity contribution in [3.63, 3.8) is 0 Å². The summed E-state index contributed by atoms with van der Waals surface area (Å²) in [6.07, 6.45) is -0.944. The summed E-state index contributed by atoms with van der Waals surface area (Å²) in [7, 11) is 0. The average molecular weight is 467 g/mol. The van der Waals surface area contributed by atoms with E-state index in [1.165, 1.54) is 4.90 Å². The highest BCUT2D eigenvalue weighted by atomic mass is 35.5. The number of rotatable bonds is 3. The number of imide groups is 1. The number of carbonyl (C=O) groups excluding carboxylic acids is 2. The summed E-state index contributed by atoms with van der Waals surface area (Å²) in [5.41, 5.74) is 3.90. The van der Waals surface area contributed by atoms with Gasteiger partial charge in [0.2, 0.25) is 5.91 Å². The van der Waals surface area contributed by atoms with Crippen LogP contribution in [0.2, 0.25) is 10.0 Å². The number of nitrogens with zero attached hydrogens (tertiary/aromatic N) is 2. The predicted molar refractivity (Wildman–Crippen MR) is 125 cm³/mol. The largest absolute Gasteiger partial charge is 0.273 e. The van der Waals surface area contributed by atoms with Gasteiger partial charge in [-0.05, 0) is 55.3 Å². The number of anilines is 2. The lowest BCUT2D eigenvalue weighted by Gasteiger charge is -2.29. The van der Waals surface area contributed by atoms with Gasteiger partial charge in [0.25, 0.3) is 5.91 Å². The van der Waals surface area contributed by atoms with E-state index in [0.29, 0.717) is 21.3 Å². The molecule has 2 aliphatic heterocycles. The number of amides is 2. The molecule has 0 N–H and O–H groups in total. The van der Waals surface area contributed by atoms with E-state index in [4.69, 9.17) is 28.0 Å². The van der Waals surface area contributed by atoms with Crippen LogP contribution in [0.5, 0.6) is 0 Å². The van der Waals surface area contributed by atoms with Crippen LogP contribution in [-0.4, -0.2) is 17.9 Å². The number of carbonyl (C=O) groups is 2. The molecule has 0 saturated carbocycles. The quantitative estimate of drug-likeness (QED) is 0.467. The second kappa shape index (κ2) is 7.93. The third kappa shape index (κ3) is 3.28. The molecular weight excluding hydrogens is 447 g/mol. The summed E-state index contributed by atoms with van der Waals surface area (Å²) >= 11 is 12.7. The molecule has 0 spiro atoms. The summed E-state index contributed by atoms with van der Waals surface area (Å²) in [6.45, 7) is 3.86. The lowest BCUT2D eigenvalue weighted by molar-refractivity contribution is -0.126. The van der Waals surface area contributed by atoms with Crippen LogP contribution in [-0.2, 0) is 14.4 Å². The van der Waals surface area contributed by atoms with E-state index in [2.05, 4.69) is 0 Å². The van der Waals surface area contributed by atoms with E-state index >= 15 is 0 Å². The number of hydrogen-bond acceptors (Lipinski definition) is 4. The Labute approximate surface area is 196 Å². The van der Waals surface area contributed by atoms with Gasteiger partial charge in [-0.1, -0.05) is 65.2 Å². The smallest absolute Gasteiger partial charge is 0.266 e. The fourth-order valence-corrected chi connectivity index (χ4v) is 5.08. The second-order valence-corrected chi connectivity index (χ2v) is 8.97. The Bertz CT molecular complexity index is 1230. The Morgan fingerprint density at radius 1 is 0.875 bits per heavy atom. The van der Waals surface area contributed by atoms with Gasteiger partial charge in [-0.3, -0.25) is 14.4 Å². The normalized spacial score (nSPS) is 22.6. The number of para-hydroxylation sites is 1. The molecule has 32 heavy (non-hydrogen) atoms. The minimum atomic E-state index is -0.944.